The van der Waals surface area contributed by atoms with Crippen molar-refractivity contribution >= 4 is 28.7 Å². The van der Waals surface area contributed by atoms with Crippen LogP contribution in [0.4, 0.5) is 15.8 Å². The Bertz CT molecular complexity index is 1140. The maximum atomic E-state index is 14.2. The molecule has 33 heavy (non-hydrogen) atoms. The predicted molar refractivity (Wildman–Crippen MR) is 131 cm³/mol. The smallest absolute Gasteiger partial charge is 0.252 e. The van der Waals surface area contributed by atoms with Crippen LogP contribution in [0.3, 0.4) is 0 Å². The topological polar surface area (TPSA) is 102 Å². The van der Waals surface area contributed by atoms with E-state index < -0.39 is 12.1 Å². The van der Waals surface area contributed by atoms with Crippen LogP contribution in [-0.4, -0.2) is 33.6 Å². The number of hydrogen-bond acceptors (Lipinski definition) is 4. The highest BCUT2D eigenvalue weighted by Crippen LogP contribution is 2.32. The third-order valence-corrected chi connectivity index (χ3v) is 5.18. The lowest BCUT2D eigenvalue weighted by Crippen LogP contribution is -2.27. The maximum absolute atomic E-state index is 14.2. The Hall–Kier alpha value is -3.86. The van der Waals surface area contributed by atoms with E-state index in [-0.39, 0.29) is 17.5 Å². The molecule has 8 heteroatoms. The zero-order valence-corrected chi connectivity index (χ0v) is 19.1. The molecule has 0 radical (unpaired) electrons. The van der Waals surface area contributed by atoms with Crippen LogP contribution in [0.15, 0.2) is 42.7 Å². The highest BCUT2D eigenvalue weighted by molar-refractivity contribution is 6.02. The number of benzene rings is 1. The van der Waals surface area contributed by atoms with E-state index in [1.54, 1.807) is 10.6 Å². The van der Waals surface area contributed by atoms with Gasteiger partial charge in [0.25, 0.3) is 5.91 Å². The molecule has 2 heterocycles. The summed E-state index contributed by atoms with van der Waals surface area (Å²) in [5.41, 5.74) is 9.30. The summed E-state index contributed by atoms with van der Waals surface area (Å²) in [5, 5.41) is 10.2. The fourth-order valence-electron chi connectivity index (χ4n) is 3.80. The van der Waals surface area contributed by atoms with Crippen molar-refractivity contribution < 1.29 is 14.0 Å². The van der Waals surface area contributed by atoms with Gasteiger partial charge in [-0.25, -0.2) is 8.91 Å². The fraction of sp³-hybridized carbons (Fsp3) is 0.320. The number of terminal acetylenes is 1. The van der Waals surface area contributed by atoms with E-state index in [2.05, 4.69) is 28.6 Å². The van der Waals surface area contributed by atoms with Crippen LogP contribution >= 0.6 is 0 Å². The standard InChI is InChI=1S/C21H22FN5O2.C2H6.C2H2/c1-12(28)25-15-5-2-4-13(8-15)14-9-19-20(26-18-7-3-6-17(18)22)16(21(23)29)10-24-27(19)11-14;2*1-2/h2,4-5,8-11,17-18,26H,3,6-7H2,1H3,(H2,23,29)(H,25,28);1-2H3;1-2H/t17-,18+;;/m0../s1. The first-order valence-electron chi connectivity index (χ1n) is 10.9. The number of nitrogens with one attached hydrogen (secondary N) is 2. The van der Waals surface area contributed by atoms with Crippen molar-refractivity contribution in [2.24, 2.45) is 5.73 Å². The number of halogens is 1. The second-order valence-corrected chi connectivity index (χ2v) is 7.32. The first-order valence-corrected chi connectivity index (χ1v) is 10.9. The van der Waals surface area contributed by atoms with Crippen molar-refractivity contribution in [2.45, 2.75) is 52.2 Å². The van der Waals surface area contributed by atoms with Gasteiger partial charge in [0.2, 0.25) is 5.91 Å². The van der Waals surface area contributed by atoms with Gasteiger partial charge in [-0.1, -0.05) is 26.0 Å². The summed E-state index contributed by atoms with van der Waals surface area (Å²) < 4.78 is 15.8. The summed E-state index contributed by atoms with van der Waals surface area (Å²) in [6, 6.07) is 8.93. The van der Waals surface area contributed by atoms with E-state index in [9.17, 15) is 14.0 Å². The van der Waals surface area contributed by atoms with E-state index in [4.69, 9.17) is 5.73 Å². The van der Waals surface area contributed by atoms with Gasteiger partial charge in [-0.05, 0) is 43.0 Å². The molecule has 3 aromatic rings. The van der Waals surface area contributed by atoms with Crippen molar-refractivity contribution in [2.75, 3.05) is 10.6 Å². The van der Waals surface area contributed by atoms with Gasteiger partial charge in [-0.3, -0.25) is 9.59 Å². The molecule has 4 N–H and O–H groups in total. The van der Waals surface area contributed by atoms with Gasteiger partial charge in [-0.2, -0.15) is 5.10 Å². The van der Waals surface area contributed by atoms with Gasteiger partial charge in [0, 0.05) is 24.4 Å². The lowest BCUT2D eigenvalue weighted by atomic mass is 10.1. The number of amides is 2. The molecule has 1 aliphatic rings. The van der Waals surface area contributed by atoms with Crippen LogP contribution in [0, 0.1) is 12.8 Å². The average molecular weight is 452 g/mol. The zero-order valence-electron chi connectivity index (χ0n) is 19.1. The van der Waals surface area contributed by atoms with Crippen molar-refractivity contribution in [1.29, 1.82) is 0 Å². The Morgan fingerprint density at radius 1 is 1.18 bits per heavy atom. The number of aromatic nitrogens is 2. The molecule has 1 aromatic carbocycles. The van der Waals surface area contributed by atoms with Crippen molar-refractivity contribution in [1.82, 2.24) is 9.61 Å². The quantitative estimate of drug-likeness (QED) is 0.492. The second kappa shape index (κ2) is 11.7. The molecule has 2 atom stereocenters. The molecule has 1 saturated carbocycles. The number of carbonyl (C=O) groups excluding carboxylic acids is 2. The van der Waals surface area contributed by atoms with E-state index in [1.165, 1.54) is 13.1 Å². The van der Waals surface area contributed by atoms with Crippen molar-refractivity contribution in [3.8, 4) is 24.0 Å². The maximum Gasteiger partial charge on any atom is 0.252 e. The summed E-state index contributed by atoms with van der Waals surface area (Å²) in [7, 11) is 0. The molecule has 0 aliphatic heterocycles. The third kappa shape index (κ3) is 5.89. The Kier molecular flexibility index (Phi) is 8.98. The number of rotatable bonds is 5. The average Bonchev–Trinajstić information content (AvgIpc) is 3.43. The molecule has 1 aliphatic carbocycles. The van der Waals surface area contributed by atoms with Crippen LogP contribution in [0.25, 0.3) is 16.6 Å². The summed E-state index contributed by atoms with van der Waals surface area (Å²) >= 11 is 0. The van der Waals surface area contributed by atoms with Gasteiger partial charge >= 0.3 is 0 Å². The SMILES string of the molecule is C#C.CC.CC(=O)Nc1cccc(-c2cc3c(N[C@@H]4CCC[C@@H]4F)c(C(N)=O)cnn3c2)c1. The minimum Gasteiger partial charge on any atom is -0.377 e. The van der Waals surface area contributed by atoms with Gasteiger partial charge in [0.05, 0.1) is 29.0 Å². The monoisotopic (exact) mass is 451 g/mol. The number of nitrogens with zero attached hydrogens (tertiary/aromatic N) is 2. The molecule has 174 valence electrons. The second-order valence-electron chi connectivity index (χ2n) is 7.32. The van der Waals surface area contributed by atoms with Crippen LogP contribution in [0.5, 0.6) is 0 Å². The van der Waals surface area contributed by atoms with Gasteiger partial charge in [-0.15, -0.1) is 12.8 Å². The molecular weight excluding hydrogens is 421 g/mol. The first kappa shape index (κ1) is 25.4. The van der Waals surface area contributed by atoms with Crippen LogP contribution < -0.4 is 16.4 Å². The van der Waals surface area contributed by atoms with Crippen LogP contribution in [-0.2, 0) is 4.79 Å². The minimum absolute atomic E-state index is 0.152. The zero-order chi connectivity index (χ0) is 24.5. The Labute approximate surface area is 193 Å². The third-order valence-electron chi connectivity index (χ3n) is 5.18. The van der Waals surface area contributed by atoms with E-state index in [0.29, 0.717) is 29.7 Å². The highest BCUT2D eigenvalue weighted by atomic mass is 19.1. The largest absolute Gasteiger partial charge is 0.377 e. The molecule has 0 bridgehead atoms. The lowest BCUT2D eigenvalue weighted by Gasteiger charge is -2.19. The van der Waals surface area contributed by atoms with Crippen molar-refractivity contribution in [3.05, 3.63) is 48.3 Å². The summed E-state index contributed by atoms with van der Waals surface area (Å²) in [5.74, 6) is -0.771. The molecule has 0 saturated heterocycles. The first-order chi connectivity index (χ1) is 15.9. The summed E-state index contributed by atoms with van der Waals surface area (Å²) in [4.78, 5) is 23.3. The van der Waals surface area contributed by atoms with E-state index in [0.717, 1.165) is 17.5 Å². The molecule has 7 nitrogen and oxygen atoms in total. The minimum atomic E-state index is -0.965. The molecule has 0 unspecified atom stereocenters. The molecule has 1 fully saturated rings. The van der Waals surface area contributed by atoms with E-state index >= 15 is 0 Å². The molecule has 0 spiro atoms. The number of nitrogens with two attached hydrogens (primary N) is 1. The van der Waals surface area contributed by atoms with Gasteiger partial charge < -0.3 is 16.4 Å². The molecular formula is C25H30FN5O2. The Morgan fingerprint density at radius 2 is 1.91 bits per heavy atom. The Balaban J connectivity index is 0.000000914. The highest BCUT2D eigenvalue weighted by Gasteiger charge is 2.29. The number of carbonyl (C=O) groups is 2. The van der Waals surface area contributed by atoms with Crippen LogP contribution in [0.1, 0.15) is 50.4 Å². The normalized spacial score (nSPS) is 16.7. The van der Waals surface area contributed by atoms with Gasteiger partial charge in [0.15, 0.2) is 0 Å². The number of anilines is 2. The summed E-state index contributed by atoms with van der Waals surface area (Å²) in [6.07, 6.45) is 12.3. The fourth-order valence-corrected chi connectivity index (χ4v) is 3.80. The number of hydrogen-bond donors (Lipinski definition) is 3. The predicted octanol–water partition coefficient (Wildman–Crippen LogP) is 4.64. The van der Waals surface area contributed by atoms with Crippen molar-refractivity contribution in [3.63, 3.8) is 0 Å². The molecule has 2 aromatic heterocycles. The molecule has 2 amide bonds. The summed E-state index contributed by atoms with van der Waals surface area (Å²) in [6.45, 7) is 5.45. The number of alkyl halides is 1. The lowest BCUT2D eigenvalue weighted by molar-refractivity contribution is -0.114. The molecule has 4 rings (SSSR count). The Morgan fingerprint density at radius 3 is 2.52 bits per heavy atom. The van der Waals surface area contributed by atoms with Crippen LogP contribution in [0.2, 0.25) is 0 Å². The van der Waals surface area contributed by atoms with Gasteiger partial charge in [0.1, 0.15) is 6.17 Å². The number of primary amides is 1. The van der Waals surface area contributed by atoms with E-state index in [1.807, 2.05) is 44.3 Å². The number of fused-ring (bicyclic) bond motifs is 1.